The highest BCUT2D eigenvalue weighted by Crippen LogP contribution is 2.25. The number of hydrogen-bond acceptors (Lipinski definition) is 6. The van der Waals surface area contributed by atoms with Crippen LogP contribution in [0.15, 0.2) is 89.3 Å². The van der Waals surface area contributed by atoms with Crippen LogP contribution in [0.4, 0.5) is 10.5 Å². The minimum atomic E-state index is -0.702. The summed E-state index contributed by atoms with van der Waals surface area (Å²) in [5, 5.41) is 13.8. The van der Waals surface area contributed by atoms with E-state index in [4.69, 9.17) is 9.15 Å². The molecular weight excluding hydrogens is 408 g/mol. The van der Waals surface area contributed by atoms with Gasteiger partial charge in [0.2, 0.25) is 11.8 Å². The molecule has 0 aliphatic heterocycles. The lowest BCUT2D eigenvalue weighted by atomic mass is 10.1. The third kappa shape index (κ3) is 4.65. The molecule has 0 saturated heterocycles. The summed E-state index contributed by atoms with van der Waals surface area (Å²) >= 11 is 0. The molecule has 0 aliphatic rings. The first-order valence-corrected chi connectivity index (χ1v) is 9.84. The molecule has 1 atom stereocenters. The minimum absolute atomic E-state index is 0.228. The molecule has 0 aliphatic carbocycles. The lowest BCUT2D eigenvalue weighted by Crippen LogP contribution is -2.34. The fourth-order valence-corrected chi connectivity index (χ4v) is 3.15. The van der Waals surface area contributed by atoms with Gasteiger partial charge in [0.25, 0.3) is 0 Å². The average molecular weight is 428 g/mol. The number of aromatic nitrogens is 2. The van der Waals surface area contributed by atoms with Crippen LogP contribution < -0.4 is 10.6 Å². The molecule has 1 aromatic heterocycles. The van der Waals surface area contributed by atoms with E-state index in [-0.39, 0.29) is 11.5 Å². The fraction of sp³-hybridized carbons (Fsp3) is 0.0833. The molecule has 3 aromatic carbocycles. The second-order valence-corrected chi connectivity index (χ2v) is 6.79. The van der Waals surface area contributed by atoms with E-state index in [2.05, 4.69) is 20.8 Å². The first kappa shape index (κ1) is 20.8. The zero-order valence-corrected chi connectivity index (χ0v) is 17.2. The van der Waals surface area contributed by atoms with Crippen molar-refractivity contribution >= 4 is 17.7 Å². The van der Waals surface area contributed by atoms with Crippen LogP contribution in [-0.2, 0) is 4.74 Å². The normalized spacial score (nSPS) is 11.4. The molecule has 32 heavy (non-hydrogen) atoms. The second kappa shape index (κ2) is 9.57. The number of para-hydroxylation sites is 1. The molecular formula is C24H20N4O4. The molecule has 4 rings (SSSR count). The smallest absolute Gasteiger partial charge is 0.339 e. The highest BCUT2D eigenvalue weighted by atomic mass is 16.5. The Balaban J connectivity index is 1.60. The van der Waals surface area contributed by atoms with E-state index in [1.54, 1.807) is 24.3 Å². The zero-order chi connectivity index (χ0) is 22.3. The number of rotatable bonds is 6. The van der Waals surface area contributed by atoms with Crippen molar-refractivity contribution in [1.29, 1.82) is 0 Å². The Hall–Kier alpha value is -4.46. The summed E-state index contributed by atoms with van der Waals surface area (Å²) in [4.78, 5) is 24.8. The largest absolute Gasteiger partial charge is 0.465 e. The topological polar surface area (TPSA) is 106 Å². The van der Waals surface area contributed by atoms with Crippen LogP contribution in [0.1, 0.15) is 27.9 Å². The Labute approximate surface area is 184 Å². The Bertz CT molecular complexity index is 1210. The third-order valence-electron chi connectivity index (χ3n) is 4.70. The highest BCUT2D eigenvalue weighted by Gasteiger charge is 2.24. The summed E-state index contributed by atoms with van der Waals surface area (Å²) in [6.07, 6.45) is 0. The average Bonchev–Trinajstić information content (AvgIpc) is 3.33. The predicted molar refractivity (Wildman–Crippen MR) is 118 cm³/mol. The zero-order valence-electron chi connectivity index (χ0n) is 17.2. The molecule has 160 valence electrons. The van der Waals surface area contributed by atoms with Crippen LogP contribution in [0.2, 0.25) is 0 Å². The Kier molecular flexibility index (Phi) is 6.22. The standard InChI is InChI=1S/C24H20N4O4/c1-31-23(29)18-14-8-9-15-19(18)25-24(30)26-20(16-10-4-2-5-11-16)22-28-27-21(32-22)17-12-6-3-7-13-17/h2-15,20H,1H3,(H2,25,26,30)/t20-/m0/s1. The summed E-state index contributed by atoms with van der Waals surface area (Å²) < 4.78 is 10.7. The van der Waals surface area contributed by atoms with Crippen LogP contribution in [0.5, 0.6) is 0 Å². The van der Waals surface area contributed by atoms with E-state index >= 15 is 0 Å². The van der Waals surface area contributed by atoms with E-state index < -0.39 is 18.0 Å². The molecule has 0 bridgehead atoms. The van der Waals surface area contributed by atoms with Crippen molar-refractivity contribution in [2.24, 2.45) is 0 Å². The van der Waals surface area contributed by atoms with Gasteiger partial charge in [-0.2, -0.15) is 0 Å². The molecule has 0 fully saturated rings. The van der Waals surface area contributed by atoms with E-state index in [1.807, 2.05) is 60.7 Å². The number of carbonyl (C=O) groups is 2. The SMILES string of the molecule is COC(=O)c1ccccc1NC(=O)N[C@@H](c1ccccc1)c1nnc(-c2ccccc2)o1. The lowest BCUT2D eigenvalue weighted by molar-refractivity contribution is 0.0602. The predicted octanol–water partition coefficient (Wildman–Crippen LogP) is 4.43. The van der Waals surface area contributed by atoms with Gasteiger partial charge in [-0.1, -0.05) is 60.7 Å². The van der Waals surface area contributed by atoms with Crippen molar-refractivity contribution in [3.63, 3.8) is 0 Å². The van der Waals surface area contributed by atoms with Gasteiger partial charge in [-0.15, -0.1) is 10.2 Å². The second-order valence-electron chi connectivity index (χ2n) is 6.79. The Morgan fingerprint density at radius 1 is 0.875 bits per heavy atom. The molecule has 8 nitrogen and oxygen atoms in total. The molecule has 1 heterocycles. The number of anilines is 1. The maximum absolute atomic E-state index is 12.8. The molecule has 2 N–H and O–H groups in total. The van der Waals surface area contributed by atoms with Crippen LogP contribution in [0.3, 0.4) is 0 Å². The number of hydrogen-bond donors (Lipinski definition) is 2. The maximum Gasteiger partial charge on any atom is 0.339 e. The van der Waals surface area contributed by atoms with Gasteiger partial charge in [0.05, 0.1) is 18.4 Å². The van der Waals surface area contributed by atoms with E-state index in [1.165, 1.54) is 7.11 Å². The molecule has 0 unspecified atom stereocenters. The first-order valence-electron chi connectivity index (χ1n) is 9.84. The number of ether oxygens (including phenoxy) is 1. The number of benzene rings is 3. The summed E-state index contributed by atoms with van der Waals surface area (Å²) in [6.45, 7) is 0. The Morgan fingerprint density at radius 3 is 2.25 bits per heavy atom. The van der Waals surface area contributed by atoms with Gasteiger partial charge in [-0.25, -0.2) is 9.59 Å². The number of methoxy groups -OCH3 is 1. The van der Waals surface area contributed by atoms with Crippen LogP contribution in [-0.4, -0.2) is 29.3 Å². The van der Waals surface area contributed by atoms with Crippen LogP contribution in [0, 0.1) is 0 Å². The summed E-state index contributed by atoms with van der Waals surface area (Å²) in [6, 6.07) is 24.0. The van der Waals surface area contributed by atoms with Crippen molar-refractivity contribution in [2.75, 3.05) is 12.4 Å². The van der Waals surface area contributed by atoms with Crippen molar-refractivity contribution in [3.05, 3.63) is 102 Å². The van der Waals surface area contributed by atoms with Gasteiger partial charge in [-0.3, -0.25) is 0 Å². The molecule has 0 radical (unpaired) electrons. The van der Waals surface area contributed by atoms with Crippen molar-refractivity contribution in [1.82, 2.24) is 15.5 Å². The summed E-state index contributed by atoms with van der Waals surface area (Å²) in [5.41, 5.74) is 2.09. The van der Waals surface area contributed by atoms with Gasteiger partial charge < -0.3 is 19.8 Å². The van der Waals surface area contributed by atoms with Crippen molar-refractivity contribution in [2.45, 2.75) is 6.04 Å². The number of esters is 1. The molecule has 2 amide bonds. The number of urea groups is 1. The van der Waals surface area contributed by atoms with Crippen molar-refractivity contribution < 1.29 is 18.7 Å². The lowest BCUT2D eigenvalue weighted by Gasteiger charge is -2.17. The minimum Gasteiger partial charge on any atom is -0.465 e. The first-order chi connectivity index (χ1) is 15.7. The fourth-order valence-electron chi connectivity index (χ4n) is 3.15. The van der Waals surface area contributed by atoms with Gasteiger partial charge in [0.15, 0.2) is 0 Å². The Morgan fingerprint density at radius 2 is 1.53 bits per heavy atom. The summed E-state index contributed by atoms with van der Waals surface area (Å²) in [7, 11) is 1.28. The van der Waals surface area contributed by atoms with Gasteiger partial charge in [0.1, 0.15) is 6.04 Å². The number of carbonyl (C=O) groups excluding carboxylic acids is 2. The number of nitrogens with zero attached hydrogens (tertiary/aromatic N) is 2. The van der Waals surface area contributed by atoms with E-state index in [9.17, 15) is 9.59 Å². The third-order valence-corrected chi connectivity index (χ3v) is 4.70. The number of nitrogens with one attached hydrogen (secondary N) is 2. The van der Waals surface area contributed by atoms with E-state index in [0.29, 0.717) is 11.6 Å². The number of amides is 2. The van der Waals surface area contributed by atoms with Gasteiger partial charge >= 0.3 is 12.0 Å². The van der Waals surface area contributed by atoms with Crippen LogP contribution >= 0.6 is 0 Å². The van der Waals surface area contributed by atoms with Gasteiger partial charge in [0, 0.05) is 5.56 Å². The quantitative estimate of drug-likeness (QED) is 0.440. The highest BCUT2D eigenvalue weighted by molar-refractivity contribution is 6.00. The van der Waals surface area contributed by atoms with Crippen molar-refractivity contribution in [3.8, 4) is 11.5 Å². The van der Waals surface area contributed by atoms with E-state index in [0.717, 1.165) is 11.1 Å². The monoisotopic (exact) mass is 428 g/mol. The molecule has 0 saturated carbocycles. The van der Waals surface area contributed by atoms with Gasteiger partial charge in [-0.05, 0) is 29.8 Å². The summed E-state index contributed by atoms with van der Waals surface area (Å²) in [5.74, 6) is 0.0242. The maximum atomic E-state index is 12.8. The molecule has 8 heteroatoms. The molecule has 4 aromatic rings. The molecule has 0 spiro atoms. The van der Waals surface area contributed by atoms with Crippen LogP contribution in [0.25, 0.3) is 11.5 Å².